The van der Waals surface area contributed by atoms with Gasteiger partial charge in [0.15, 0.2) is 0 Å². The lowest BCUT2D eigenvalue weighted by Gasteiger charge is -2.50. The van der Waals surface area contributed by atoms with Crippen molar-refractivity contribution < 1.29 is 38.3 Å². The third kappa shape index (κ3) is 10.3. The smallest absolute Gasteiger partial charge is 0.226 e. The lowest BCUT2D eigenvalue weighted by molar-refractivity contribution is -0.379. The second kappa shape index (κ2) is 19.6. The SMILES string of the molecule is Cc1cc(OCc2ccccc2)c(C2(O)O[C@H](COCc3ccccc3)[C@@H](OCc3ccccc3)[C@H](OCc3ccccc3)[C@H]2OCc2ccccc2)cc1C=O. The van der Waals surface area contributed by atoms with Crippen LogP contribution in [-0.4, -0.2) is 42.4 Å². The van der Waals surface area contributed by atoms with E-state index < -0.39 is 30.2 Å². The van der Waals surface area contributed by atoms with Crippen LogP contribution < -0.4 is 4.74 Å². The summed E-state index contributed by atoms with van der Waals surface area (Å²) in [6.45, 7) is 2.94. The molecular weight excluding hydrogens is 717 g/mol. The van der Waals surface area contributed by atoms with Gasteiger partial charge >= 0.3 is 0 Å². The number of carbonyl (C=O) groups is 1. The molecule has 5 atom stereocenters. The molecule has 0 bridgehead atoms. The molecule has 0 amide bonds. The summed E-state index contributed by atoms with van der Waals surface area (Å²) >= 11 is 0. The van der Waals surface area contributed by atoms with Gasteiger partial charge in [0, 0.05) is 5.56 Å². The molecule has 1 saturated heterocycles. The molecule has 292 valence electrons. The first-order chi connectivity index (χ1) is 28.0. The molecule has 1 fully saturated rings. The van der Waals surface area contributed by atoms with Gasteiger partial charge in [-0.3, -0.25) is 4.79 Å². The first-order valence-corrected chi connectivity index (χ1v) is 19.3. The minimum atomic E-state index is -2.22. The summed E-state index contributed by atoms with van der Waals surface area (Å²) in [5.74, 6) is -1.88. The van der Waals surface area contributed by atoms with Crippen molar-refractivity contribution in [3.05, 3.63) is 208 Å². The number of aryl methyl sites for hydroxylation is 1. The van der Waals surface area contributed by atoms with Crippen LogP contribution in [0.1, 0.15) is 49.3 Å². The zero-order chi connectivity index (χ0) is 39.3. The molecule has 1 N–H and O–H groups in total. The maximum Gasteiger partial charge on any atom is 0.226 e. The molecule has 0 aromatic heterocycles. The molecule has 8 nitrogen and oxygen atoms in total. The highest BCUT2D eigenvalue weighted by Crippen LogP contribution is 2.45. The third-order valence-corrected chi connectivity index (χ3v) is 10.1. The first kappa shape index (κ1) is 39.8. The molecule has 57 heavy (non-hydrogen) atoms. The topological polar surface area (TPSA) is 92.7 Å². The van der Waals surface area contributed by atoms with Crippen molar-refractivity contribution in [1.82, 2.24) is 0 Å². The molecule has 1 unspecified atom stereocenters. The second-order valence-electron chi connectivity index (χ2n) is 14.2. The Morgan fingerprint density at radius 1 is 0.579 bits per heavy atom. The molecule has 7 rings (SSSR count). The Balaban J connectivity index is 1.33. The Hall–Kier alpha value is -5.45. The van der Waals surface area contributed by atoms with Gasteiger partial charge in [-0.2, -0.15) is 0 Å². The fourth-order valence-electron chi connectivity index (χ4n) is 7.03. The van der Waals surface area contributed by atoms with Crippen LogP contribution in [0.4, 0.5) is 0 Å². The van der Waals surface area contributed by atoms with Crippen molar-refractivity contribution in [1.29, 1.82) is 0 Å². The van der Waals surface area contributed by atoms with Crippen molar-refractivity contribution in [2.75, 3.05) is 6.61 Å². The van der Waals surface area contributed by atoms with E-state index in [1.54, 1.807) is 12.1 Å². The lowest BCUT2D eigenvalue weighted by atomic mass is 9.85. The van der Waals surface area contributed by atoms with Gasteiger partial charge in [-0.1, -0.05) is 152 Å². The van der Waals surface area contributed by atoms with Gasteiger partial charge in [0.1, 0.15) is 43.1 Å². The van der Waals surface area contributed by atoms with Crippen LogP contribution in [-0.2, 0) is 62.5 Å². The quantitative estimate of drug-likeness (QED) is 0.0869. The van der Waals surface area contributed by atoms with Gasteiger partial charge in [0.25, 0.3) is 0 Å². The zero-order valence-electron chi connectivity index (χ0n) is 32.0. The molecule has 1 aliphatic heterocycles. The third-order valence-electron chi connectivity index (χ3n) is 10.1. The van der Waals surface area contributed by atoms with Crippen molar-refractivity contribution in [3.8, 4) is 5.75 Å². The van der Waals surface area contributed by atoms with E-state index in [1.807, 2.05) is 159 Å². The number of aliphatic hydroxyl groups is 1. The normalized spacial score (nSPS) is 20.5. The molecule has 0 aliphatic carbocycles. The standard InChI is InChI=1S/C49H48O8/c1-36-27-44(53-31-38-19-9-3-10-20-38)43(28-42(36)29-50)49(51)48(56-34-41-25-15-6-16-26-41)47(55-33-40-23-13-5-14-24-40)46(54-32-39-21-11-4-12-22-39)45(57-49)35-52-30-37-17-7-2-8-18-37/h2-29,45-48,51H,30-35H2,1H3/t45-,46-,47+,48-,49?/m1/s1. The molecule has 6 aromatic carbocycles. The van der Waals surface area contributed by atoms with Gasteiger partial charge in [0.2, 0.25) is 5.79 Å². The summed E-state index contributed by atoms with van der Waals surface area (Å²) in [5.41, 5.74) is 5.97. The highest BCUT2D eigenvalue weighted by atomic mass is 16.7. The molecular formula is C49H48O8. The van der Waals surface area contributed by atoms with Gasteiger partial charge < -0.3 is 33.5 Å². The largest absolute Gasteiger partial charge is 0.488 e. The summed E-state index contributed by atoms with van der Waals surface area (Å²) in [6, 6.07) is 52.4. The van der Waals surface area contributed by atoms with Gasteiger partial charge in [0.05, 0.1) is 38.6 Å². The number of hydrogen-bond donors (Lipinski definition) is 1. The van der Waals surface area contributed by atoms with Crippen molar-refractivity contribution >= 4 is 6.29 Å². The fourth-order valence-corrected chi connectivity index (χ4v) is 7.03. The Bertz CT molecular complexity index is 2120. The molecule has 1 heterocycles. The highest BCUT2D eigenvalue weighted by molar-refractivity contribution is 5.78. The van der Waals surface area contributed by atoms with Crippen LogP contribution in [0.3, 0.4) is 0 Å². The van der Waals surface area contributed by atoms with Gasteiger partial charge in [-0.15, -0.1) is 0 Å². The maximum atomic E-state index is 13.4. The number of rotatable bonds is 18. The van der Waals surface area contributed by atoms with Crippen LogP contribution in [0.25, 0.3) is 0 Å². The van der Waals surface area contributed by atoms with E-state index in [9.17, 15) is 9.90 Å². The molecule has 6 aromatic rings. The number of aldehydes is 1. The molecule has 0 spiro atoms. The number of ether oxygens (including phenoxy) is 6. The summed E-state index contributed by atoms with van der Waals surface area (Å²) in [7, 11) is 0. The van der Waals surface area contributed by atoms with Crippen LogP contribution in [0.2, 0.25) is 0 Å². The van der Waals surface area contributed by atoms with E-state index in [0.29, 0.717) is 23.5 Å². The Labute approximate surface area is 334 Å². The van der Waals surface area contributed by atoms with E-state index in [2.05, 4.69) is 0 Å². The van der Waals surface area contributed by atoms with E-state index in [-0.39, 0.29) is 38.6 Å². The summed E-state index contributed by atoms with van der Waals surface area (Å²) in [5, 5.41) is 13.4. The Morgan fingerprint density at radius 3 is 1.51 bits per heavy atom. The highest BCUT2D eigenvalue weighted by Gasteiger charge is 2.58. The first-order valence-electron chi connectivity index (χ1n) is 19.3. The summed E-state index contributed by atoms with van der Waals surface area (Å²) < 4.78 is 40.2. The fraction of sp³-hybridized carbons (Fsp3) is 0.245. The monoisotopic (exact) mass is 764 g/mol. The Morgan fingerprint density at radius 2 is 1.02 bits per heavy atom. The number of benzene rings is 6. The number of carbonyl (C=O) groups excluding carboxylic acids is 1. The molecule has 8 heteroatoms. The Kier molecular flexibility index (Phi) is 13.7. The zero-order valence-corrected chi connectivity index (χ0v) is 32.0. The van der Waals surface area contributed by atoms with Crippen LogP contribution in [0.15, 0.2) is 164 Å². The van der Waals surface area contributed by atoms with Gasteiger partial charge in [-0.05, 0) is 52.4 Å². The van der Waals surface area contributed by atoms with Crippen LogP contribution in [0.5, 0.6) is 5.75 Å². The van der Waals surface area contributed by atoms with E-state index >= 15 is 0 Å². The van der Waals surface area contributed by atoms with Crippen LogP contribution >= 0.6 is 0 Å². The average Bonchev–Trinajstić information content (AvgIpc) is 3.26. The van der Waals surface area contributed by atoms with E-state index in [4.69, 9.17) is 28.4 Å². The molecule has 1 aliphatic rings. The second-order valence-corrected chi connectivity index (χ2v) is 14.2. The van der Waals surface area contributed by atoms with Gasteiger partial charge in [-0.25, -0.2) is 0 Å². The maximum absolute atomic E-state index is 13.4. The van der Waals surface area contributed by atoms with E-state index in [1.165, 1.54) is 0 Å². The van der Waals surface area contributed by atoms with E-state index in [0.717, 1.165) is 34.1 Å². The molecule has 0 saturated carbocycles. The van der Waals surface area contributed by atoms with Crippen molar-refractivity contribution in [3.63, 3.8) is 0 Å². The molecule has 0 radical (unpaired) electrons. The summed E-state index contributed by atoms with van der Waals surface area (Å²) in [4.78, 5) is 12.5. The minimum Gasteiger partial charge on any atom is -0.488 e. The predicted molar refractivity (Wildman–Crippen MR) is 217 cm³/mol. The minimum absolute atomic E-state index is 0.0415. The number of hydrogen-bond acceptors (Lipinski definition) is 8. The predicted octanol–water partition coefficient (Wildman–Crippen LogP) is 8.90. The summed E-state index contributed by atoms with van der Waals surface area (Å²) in [6.07, 6.45) is -2.99. The van der Waals surface area contributed by atoms with Crippen molar-refractivity contribution in [2.24, 2.45) is 0 Å². The van der Waals surface area contributed by atoms with Crippen LogP contribution in [0, 0.1) is 6.92 Å². The van der Waals surface area contributed by atoms with Crippen molar-refractivity contribution in [2.45, 2.75) is 70.2 Å². The lowest BCUT2D eigenvalue weighted by Crippen LogP contribution is -2.65. The average molecular weight is 765 g/mol.